The molecule has 0 aliphatic rings. The highest BCUT2D eigenvalue weighted by atomic mass is 79.9. The quantitative estimate of drug-likeness (QED) is 0.109. The van der Waals surface area contributed by atoms with Gasteiger partial charge in [-0.15, -0.1) is 67.9 Å². The van der Waals surface area contributed by atoms with Crippen molar-refractivity contribution in [1.29, 1.82) is 0 Å². The SMILES string of the molecule is Br.Br.Br.Br.C.NCCCNCCCCCNCCCNC(N)=NCc1ccccc1. The van der Waals surface area contributed by atoms with Gasteiger partial charge in [-0.25, -0.2) is 4.99 Å². The zero-order valence-electron chi connectivity index (χ0n) is 17.1. The first-order chi connectivity index (χ1) is 12.3. The Morgan fingerprint density at radius 1 is 0.733 bits per heavy atom. The van der Waals surface area contributed by atoms with Crippen molar-refractivity contribution in [3.05, 3.63) is 35.9 Å². The monoisotopic (exact) mass is 684 g/mol. The minimum absolute atomic E-state index is 0. The standard InChI is InChI=1S/C19H36N6.CH4.4BrH/c20-11-7-14-22-12-5-2-6-13-23-15-8-16-24-19(21)25-17-18-9-3-1-4-10-18;;;;;/h1,3-4,9-10,22-23H,2,5-8,11-17,20H2,(H3,21,24,25);1H4;4*1H. The van der Waals surface area contributed by atoms with E-state index in [1.54, 1.807) is 0 Å². The van der Waals surface area contributed by atoms with E-state index in [0.717, 1.165) is 52.1 Å². The number of nitrogens with one attached hydrogen (secondary N) is 3. The molecule has 7 N–H and O–H groups in total. The van der Waals surface area contributed by atoms with E-state index in [1.807, 2.05) is 18.2 Å². The summed E-state index contributed by atoms with van der Waals surface area (Å²) in [5.74, 6) is 0.519. The van der Waals surface area contributed by atoms with Crippen molar-refractivity contribution >= 4 is 73.9 Å². The van der Waals surface area contributed by atoms with Crippen molar-refractivity contribution in [2.75, 3.05) is 39.3 Å². The zero-order chi connectivity index (χ0) is 18.0. The average Bonchev–Trinajstić information content (AvgIpc) is 2.64. The van der Waals surface area contributed by atoms with Gasteiger partial charge in [0.15, 0.2) is 5.96 Å². The van der Waals surface area contributed by atoms with Crippen molar-refractivity contribution in [3.8, 4) is 0 Å². The van der Waals surface area contributed by atoms with Crippen molar-refractivity contribution in [1.82, 2.24) is 16.0 Å². The number of hydrogen-bond acceptors (Lipinski definition) is 4. The predicted octanol–water partition coefficient (Wildman–Crippen LogP) is 4.13. The number of guanidine groups is 1. The summed E-state index contributed by atoms with van der Waals surface area (Å²) in [7, 11) is 0. The molecule has 0 aliphatic carbocycles. The van der Waals surface area contributed by atoms with Gasteiger partial charge < -0.3 is 27.4 Å². The molecule has 0 radical (unpaired) electrons. The summed E-state index contributed by atoms with van der Waals surface area (Å²) in [6.07, 6.45) is 5.84. The largest absolute Gasteiger partial charge is 0.370 e. The lowest BCUT2D eigenvalue weighted by Gasteiger charge is -2.07. The second kappa shape index (κ2) is 31.5. The van der Waals surface area contributed by atoms with Crippen LogP contribution in [-0.2, 0) is 6.54 Å². The van der Waals surface area contributed by atoms with Gasteiger partial charge in [0.1, 0.15) is 0 Å². The Kier molecular flexibility index (Phi) is 42.6. The number of rotatable bonds is 15. The van der Waals surface area contributed by atoms with E-state index in [1.165, 1.54) is 24.8 Å². The van der Waals surface area contributed by atoms with Gasteiger partial charge in [-0.1, -0.05) is 44.2 Å². The second-order valence-corrected chi connectivity index (χ2v) is 6.17. The maximum Gasteiger partial charge on any atom is 0.188 e. The first-order valence-corrected chi connectivity index (χ1v) is 9.52. The van der Waals surface area contributed by atoms with Crippen LogP contribution in [0.25, 0.3) is 0 Å². The minimum Gasteiger partial charge on any atom is -0.370 e. The van der Waals surface area contributed by atoms with Crippen molar-refractivity contribution < 1.29 is 0 Å². The van der Waals surface area contributed by atoms with Gasteiger partial charge in [0, 0.05) is 6.54 Å². The number of nitrogens with zero attached hydrogens (tertiary/aromatic N) is 1. The van der Waals surface area contributed by atoms with Gasteiger partial charge >= 0.3 is 0 Å². The molecular weight excluding hydrogens is 644 g/mol. The van der Waals surface area contributed by atoms with E-state index in [-0.39, 0.29) is 75.4 Å². The third-order valence-corrected chi connectivity index (χ3v) is 3.88. The van der Waals surface area contributed by atoms with Gasteiger partial charge in [0.25, 0.3) is 0 Å². The molecular formula is C20H44Br4N6. The Balaban J connectivity index is -0.000000417. The highest BCUT2D eigenvalue weighted by Crippen LogP contribution is 1.99. The molecule has 0 aliphatic heterocycles. The summed E-state index contributed by atoms with van der Waals surface area (Å²) >= 11 is 0. The molecule has 0 amide bonds. The van der Waals surface area contributed by atoms with Crippen LogP contribution in [0.2, 0.25) is 0 Å². The zero-order valence-corrected chi connectivity index (χ0v) is 24.0. The molecule has 0 bridgehead atoms. The molecule has 1 rings (SSSR count). The van der Waals surface area contributed by atoms with Gasteiger partial charge in [0.2, 0.25) is 0 Å². The number of unbranched alkanes of at least 4 members (excludes halogenated alkanes) is 2. The topological polar surface area (TPSA) is 100 Å². The summed E-state index contributed by atoms with van der Waals surface area (Å²) < 4.78 is 0. The Morgan fingerprint density at radius 3 is 1.83 bits per heavy atom. The number of halogens is 4. The molecule has 1 aromatic carbocycles. The molecule has 0 saturated carbocycles. The second-order valence-electron chi connectivity index (χ2n) is 6.17. The lowest BCUT2D eigenvalue weighted by Crippen LogP contribution is -2.33. The van der Waals surface area contributed by atoms with E-state index in [4.69, 9.17) is 11.5 Å². The Labute approximate surface area is 226 Å². The molecule has 1 aromatic rings. The van der Waals surface area contributed by atoms with Crippen LogP contribution in [0, 0.1) is 0 Å². The van der Waals surface area contributed by atoms with Crippen LogP contribution >= 0.6 is 67.9 Å². The van der Waals surface area contributed by atoms with E-state index >= 15 is 0 Å². The van der Waals surface area contributed by atoms with Crippen molar-refractivity contribution in [2.24, 2.45) is 16.5 Å². The average molecular weight is 688 g/mol. The fourth-order valence-corrected chi connectivity index (χ4v) is 2.40. The van der Waals surface area contributed by atoms with E-state index in [2.05, 4.69) is 33.1 Å². The van der Waals surface area contributed by atoms with Crippen LogP contribution in [0.5, 0.6) is 0 Å². The van der Waals surface area contributed by atoms with E-state index < -0.39 is 0 Å². The number of aliphatic imine (C=N–C) groups is 1. The molecule has 10 heteroatoms. The molecule has 0 aromatic heterocycles. The van der Waals surface area contributed by atoms with E-state index in [9.17, 15) is 0 Å². The van der Waals surface area contributed by atoms with Crippen molar-refractivity contribution in [3.63, 3.8) is 0 Å². The fraction of sp³-hybridized carbons (Fsp3) is 0.650. The number of benzene rings is 1. The van der Waals surface area contributed by atoms with Crippen LogP contribution in [0.4, 0.5) is 0 Å². The van der Waals surface area contributed by atoms with Gasteiger partial charge in [-0.05, 0) is 64.0 Å². The molecule has 0 heterocycles. The minimum atomic E-state index is 0. The van der Waals surface area contributed by atoms with Crippen LogP contribution in [0.1, 0.15) is 45.1 Å². The Bertz CT molecular complexity index is 452. The Hall–Kier alpha value is 0.290. The smallest absolute Gasteiger partial charge is 0.188 e. The molecule has 0 atom stereocenters. The van der Waals surface area contributed by atoms with Crippen LogP contribution in [0.3, 0.4) is 0 Å². The fourth-order valence-electron chi connectivity index (χ4n) is 2.40. The predicted molar refractivity (Wildman–Crippen MR) is 156 cm³/mol. The molecule has 182 valence electrons. The van der Waals surface area contributed by atoms with Crippen LogP contribution in [-0.4, -0.2) is 45.2 Å². The van der Waals surface area contributed by atoms with Crippen LogP contribution < -0.4 is 27.4 Å². The molecule has 0 unspecified atom stereocenters. The Morgan fingerprint density at radius 2 is 1.27 bits per heavy atom. The van der Waals surface area contributed by atoms with Gasteiger partial charge in [-0.3, -0.25) is 0 Å². The molecule has 30 heavy (non-hydrogen) atoms. The van der Waals surface area contributed by atoms with E-state index in [0.29, 0.717) is 12.5 Å². The van der Waals surface area contributed by atoms with Gasteiger partial charge in [-0.2, -0.15) is 0 Å². The molecule has 0 fully saturated rings. The number of hydrogen-bond donors (Lipinski definition) is 5. The van der Waals surface area contributed by atoms with Gasteiger partial charge in [0.05, 0.1) is 6.54 Å². The molecule has 0 spiro atoms. The lowest BCUT2D eigenvalue weighted by molar-refractivity contribution is 0.560. The lowest BCUT2D eigenvalue weighted by atomic mass is 10.2. The third-order valence-electron chi connectivity index (χ3n) is 3.88. The highest BCUT2D eigenvalue weighted by Gasteiger charge is 1.94. The summed E-state index contributed by atoms with van der Waals surface area (Å²) in [6, 6.07) is 10.1. The maximum absolute atomic E-state index is 5.87. The summed E-state index contributed by atoms with van der Waals surface area (Å²) in [5, 5.41) is 10.0. The van der Waals surface area contributed by atoms with Crippen molar-refractivity contribution in [2.45, 2.75) is 46.1 Å². The number of nitrogens with two attached hydrogens (primary N) is 2. The summed E-state index contributed by atoms with van der Waals surface area (Å²) in [6.45, 7) is 6.48. The summed E-state index contributed by atoms with van der Waals surface area (Å²) in [4.78, 5) is 4.34. The molecule has 6 nitrogen and oxygen atoms in total. The summed E-state index contributed by atoms with van der Waals surface area (Å²) in [5.41, 5.74) is 12.5. The first kappa shape index (κ1) is 40.6. The normalized spacial score (nSPS) is 9.70. The maximum atomic E-state index is 5.87. The molecule has 0 saturated heterocycles. The third kappa shape index (κ3) is 26.3. The van der Waals surface area contributed by atoms with Crippen LogP contribution in [0.15, 0.2) is 35.3 Å². The highest BCUT2D eigenvalue weighted by molar-refractivity contribution is 8.93. The first-order valence-electron chi connectivity index (χ1n) is 9.52.